The fourth-order valence-corrected chi connectivity index (χ4v) is 1.26. The molecule has 0 heterocycles. The van der Waals surface area contributed by atoms with Crippen molar-refractivity contribution in [3.63, 3.8) is 0 Å². The van der Waals surface area contributed by atoms with E-state index in [2.05, 4.69) is 5.32 Å². The van der Waals surface area contributed by atoms with Gasteiger partial charge in [0.05, 0.1) is 5.56 Å². The Balaban J connectivity index is 2.74. The summed E-state index contributed by atoms with van der Waals surface area (Å²) >= 11 is 0. The lowest BCUT2D eigenvalue weighted by molar-refractivity contribution is 0.0931. The molecule has 3 N–H and O–H groups in total. The topological polar surface area (TPSA) is 55.1 Å². The molecule has 0 fully saturated rings. The van der Waals surface area contributed by atoms with Crippen LogP contribution in [-0.4, -0.2) is 12.5 Å². The van der Waals surface area contributed by atoms with Gasteiger partial charge in [-0.3, -0.25) is 4.79 Å². The van der Waals surface area contributed by atoms with Crippen LogP contribution in [0.3, 0.4) is 0 Å². The smallest absolute Gasteiger partial charge is 0.254 e. The van der Waals surface area contributed by atoms with Crippen LogP contribution < -0.4 is 11.1 Å². The van der Waals surface area contributed by atoms with Gasteiger partial charge in [-0.2, -0.15) is 0 Å². The summed E-state index contributed by atoms with van der Waals surface area (Å²) < 4.78 is 13.4. The van der Waals surface area contributed by atoms with Gasteiger partial charge in [-0.15, -0.1) is 0 Å². The monoisotopic (exact) mass is 238 g/mol. The maximum absolute atomic E-state index is 13.4. The Labute approximate surface area is 101 Å². The molecule has 17 heavy (non-hydrogen) atoms. The Morgan fingerprint density at radius 3 is 2.71 bits per heavy atom. The first-order valence-corrected chi connectivity index (χ1v) is 5.69. The number of nitrogen functional groups attached to an aromatic ring is 1. The van der Waals surface area contributed by atoms with Gasteiger partial charge >= 0.3 is 0 Å². The lowest BCUT2D eigenvalue weighted by Gasteiger charge is -2.22. The van der Waals surface area contributed by atoms with Gasteiger partial charge in [0.1, 0.15) is 5.82 Å². The molecule has 1 aromatic carbocycles. The third-order valence-electron chi connectivity index (χ3n) is 2.92. The van der Waals surface area contributed by atoms with Crippen molar-refractivity contribution in [3.8, 4) is 0 Å². The summed E-state index contributed by atoms with van der Waals surface area (Å²) in [5.41, 5.74) is 5.91. The van der Waals surface area contributed by atoms with Crippen LogP contribution in [0.15, 0.2) is 18.2 Å². The van der Waals surface area contributed by atoms with Gasteiger partial charge in [0.25, 0.3) is 5.91 Å². The first kappa shape index (κ1) is 13.5. The fraction of sp³-hybridized carbons (Fsp3) is 0.462. The number of nitrogens with two attached hydrogens (primary N) is 1. The molecule has 0 aliphatic heterocycles. The highest BCUT2D eigenvalue weighted by atomic mass is 19.1. The molecule has 0 aliphatic rings. The molecule has 0 saturated carbocycles. The second-order valence-corrected chi connectivity index (χ2v) is 4.94. The molecule has 1 aromatic rings. The number of hydrogen-bond acceptors (Lipinski definition) is 2. The molecular weight excluding hydrogens is 219 g/mol. The van der Waals surface area contributed by atoms with Crippen LogP contribution in [-0.2, 0) is 0 Å². The Morgan fingerprint density at radius 1 is 1.47 bits per heavy atom. The average molecular weight is 238 g/mol. The van der Waals surface area contributed by atoms with E-state index >= 15 is 0 Å². The molecule has 0 aromatic heterocycles. The molecule has 0 atom stereocenters. The lowest BCUT2D eigenvalue weighted by Crippen LogP contribution is -2.34. The van der Waals surface area contributed by atoms with Crippen LogP contribution in [0.1, 0.15) is 37.6 Å². The molecule has 0 unspecified atom stereocenters. The third-order valence-corrected chi connectivity index (χ3v) is 2.92. The zero-order valence-corrected chi connectivity index (χ0v) is 10.5. The van der Waals surface area contributed by atoms with Crippen LogP contribution in [0.2, 0.25) is 0 Å². The lowest BCUT2D eigenvalue weighted by atomic mass is 9.90. The van der Waals surface area contributed by atoms with E-state index in [1.165, 1.54) is 18.2 Å². The number of carbonyl (C=O) groups excluding carboxylic acids is 1. The van der Waals surface area contributed by atoms with Gasteiger partial charge in [0.2, 0.25) is 0 Å². The Kier molecular flexibility index (Phi) is 4.10. The molecule has 0 aliphatic carbocycles. The predicted octanol–water partition coefficient (Wildman–Crippen LogP) is 2.57. The maximum atomic E-state index is 13.4. The van der Waals surface area contributed by atoms with Crippen molar-refractivity contribution in [3.05, 3.63) is 29.6 Å². The van der Waals surface area contributed by atoms with Crippen LogP contribution in [0, 0.1) is 11.2 Å². The number of nitrogens with one attached hydrogen (secondary N) is 1. The van der Waals surface area contributed by atoms with Gasteiger partial charge in [-0.05, 0) is 30.0 Å². The molecule has 1 amide bonds. The molecule has 94 valence electrons. The van der Waals surface area contributed by atoms with Crippen molar-refractivity contribution in [2.24, 2.45) is 5.41 Å². The number of benzene rings is 1. The number of anilines is 1. The number of rotatable bonds is 4. The zero-order chi connectivity index (χ0) is 13.1. The summed E-state index contributed by atoms with van der Waals surface area (Å²) in [6.07, 6.45) is 0.937. The van der Waals surface area contributed by atoms with Crippen molar-refractivity contribution in [1.29, 1.82) is 0 Å². The standard InChI is InChI=1S/C13H19FN2O/c1-4-13(2,3)8-16-12(17)10-7-9(15)5-6-11(10)14/h5-7H,4,8,15H2,1-3H3,(H,16,17). The largest absolute Gasteiger partial charge is 0.399 e. The van der Waals surface area contributed by atoms with Gasteiger partial charge in [0, 0.05) is 12.2 Å². The molecule has 0 spiro atoms. The highest BCUT2D eigenvalue weighted by Crippen LogP contribution is 2.18. The number of halogens is 1. The summed E-state index contributed by atoms with van der Waals surface area (Å²) in [6, 6.07) is 3.99. The number of hydrogen-bond donors (Lipinski definition) is 2. The van der Waals surface area contributed by atoms with E-state index in [0.717, 1.165) is 6.42 Å². The summed E-state index contributed by atoms with van der Waals surface area (Å²) in [4.78, 5) is 11.8. The Morgan fingerprint density at radius 2 is 2.12 bits per heavy atom. The third kappa shape index (κ3) is 3.73. The minimum absolute atomic E-state index is 0.00287. The Bertz CT molecular complexity index is 416. The minimum atomic E-state index is -0.550. The molecule has 1 rings (SSSR count). The first-order chi connectivity index (χ1) is 7.85. The van der Waals surface area contributed by atoms with E-state index in [1.807, 2.05) is 20.8 Å². The minimum Gasteiger partial charge on any atom is -0.399 e. The first-order valence-electron chi connectivity index (χ1n) is 5.69. The van der Waals surface area contributed by atoms with E-state index in [-0.39, 0.29) is 11.0 Å². The molecule has 4 heteroatoms. The molecule has 0 saturated heterocycles. The second-order valence-electron chi connectivity index (χ2n) is 4.94. The van der Waals surface area contributed by atoms with Gasteiger partial charge in [0.15, 0.2) is 0 Å². The van der Waals surface area contributed by atoms with Crippen LogP contribution in [0.4, 0.5) is 10.1 Å². The predicted molar refractivity (Wildman–Crippen MR) is 67.2 cm³/mol. The van der Waals surface area contributed by atoms with Gasteiger partial charge in [-0.25, -0.2) is 4.39 Å². The van der Waals surface area contributed by atoms with Crippen LogP contribution in [0.5, 0.6) is 0 Å². The Hall–Kier alpha value is -1.58. The van der Waals surface area contributed by atoms with Crippen LogP contribution in [0.25, 0.3) is 0 Å². The molecular formula is C13H19FN2O. The van der Waals surface area contributed by atoms with Gasteiger partial charge in [-0.1, -0.05) is 20.8 Å². The quantitative estimate of drug-likeness (QED) is 0.792. The number of amides is 1. The fourth-order valence-electron chi connectivity index (χ4n) is 1.26. The summed E-state index contributed by atoms with van der Waals surface area (Å²) in [5.74, 6) is -0.970. The summed E-state index contributed by atoms with van der Waals surface area (Å²) in [7, 11) is 0. The highest BCUT2D eigenvalue weighted by molar-refractivity contribution is 5.95. The zero-order valence-electron chi connectivity index (χ0n) is 10.5. The molecule has 3 nitrogen and oxygen atoms in total. The van der Waals surface area contributed by atoms with Crippen molar-refractivity contribution in [2.45, 2.75) is 27.2 Å². The average Bonchev–Trinajstić information content (AvgIpc) is 2.29. The maximum Gasteiger partial charge on any atom is 0.254 e. The SMILES string of the molecule is CCC(C)(C)CNC(=O)c1cc(N)ccc1F. The highest BCUT2D eigenvalue weighted by Gasteiger charge is 2.18. The second kappa shape index (κ2) is 5.17. The van der Waals surface area contributed by atoms with Crippen molar-refractivity contribution in [2.75, 3.05) is 12.3 Å². The molecule has 0 bridgehead atoms. The van der Waals surface area contributed by atoms with E-state index in [0.29, 0.717) is 12.2 Å². The van der Waals surface area contributed by atoms with E-state index < -0.39 is 11.7 Å². The van der Waals surface area contributed by atoms with Crippen LogP contribution >= 0.6 is 0 Å². The van der Waals surface area contributed by atoms with E-state index in [9.17, 15) is 9.18 Å². The number of carbonyl (C=O) groups is 1. The van der Waals surface area contributed by atoms with Crippen molar-refractivity contribution >= 4 is 11.6 Å². The molecule has 0 radical (unpaired) electrons. The van der Waals surface area contributed by atoms with Crippen molar-refractivity contribution < 1.29 is 9.18 Å². The van der Waals surface area contributed by atoms with E-state index in [4.69, 9.17) is 5.73 Å². The van der Waals surface area contributed by atoms with E-state index in [1.54, 1.807) is 0 Å². The van der Waals surface area contributed by atoms with Gasteiger partial charge < -0.3 is 11.1 Å². The normalized spacial score (nSPS) is 11.3. The summed E-state index contributed by atoms with van der Waals surface area (Å²) in [6.45, 7) is 6.65. The van der Waals surface area contributed by atoms with Crippen molar-refractivity contribution in [1.82, 2.24) is 5.32 Å². The summed E-state index contributed by atoms with van der Waals surface area (Å²) in [5, 5.41) is 2.72.